The molecule has 0 aliphatic rings. The molecular formula is C12H16N2O3. The van der Waals surface area contributed by atoms with E-state index in [2.05, 4.69) is 10.6 Å². The highest BCUT2D eigenvalue weighted by Crippen LogP contribution is 2.19. The van der Waals surface area contributed by atoms with Crippen LogP contribution in [0.5, 0.6) is 5.75 Å². The standard InChI is InChI=1S/C12H16N2O3/c1-3-13-11(16)7-14-12(17)9-5-4-6-10(15)8(9)2/h4-6,15H,3,7H2,1-2H3,(H,13,16)(H,14,17). The summed E-state index contributed by atoms with van der Waals surface area (Å²) >= 11 is 0. The average Bonchev–Trinajstić information content (AvgIpc) is 2.30. The lowest BCUT2D eigenvalue weighted by molar-refractivity contribution is -0.120. The number of rotatable bonds is 4. The van der Waals surface area contributed by atoms with Crippen molar-refractivity contribution in [3.05, 3.63) is 29.3 Å². The Morgan fingerprint density at radius 3 is 2.65 bits per heavy atom. The molecule has 0 aliphatic heterocycles. The van der Waals surface area contributed by atoms with Gasteiger partial charge in [0.1, 0.15) is 5.75 Å². The largest absolute Gasteiger partial charge is 0.508 e. The number of carbonyl (C=O) groups excluding carboxylic acids is 2. The maximum atomic E-state index is 11.7. The van der Waals surface area contributed by atoms with Crippen LogP contribution < -0.4 is 10.6 Å². The Hall–Kier alpha value is -2.04. The second-order valence-corrected chi connectivity index (χ2v) is 3.59. The number of benzene rings is 1. The van der Waals surface area contributed by atoms with Crippen LogP contribution in [-0.2, 0) is 4.79 Å². The molecule has 0 fully saturated rings. The molecule has 0 atom stereocenters. The summed E-state index contributed by atoms with van der Waals surface area (Å²) in [5.41, 5.74) is 0.871. The van der Waals surface area contributed by atoms with Gasteiger partial charge in [-0.15, -0.1) is 0 Å². The zero-order valence-electron chi connectivity index (χ0n) is 9.91. The lowest BCUT2D eigenvalue weighted by atomic mass is 10.1. The van der Waals surface area contributed by atoms with Crippen molar-refractivity contribution in [2.45, 2.75) is 13.8 Å². The number of nitrogens with one attached hydrogen (secondary N) is 2. The molecule has 0 unspecified atom stereocenters. The third-order valence-corrected chi connectivity index (χ3v) is 2.33. The van der Waals surface area contributed by atoms with Gasteiger partial charge < -0.3 is 15.7 Å². The molecule has 1 aromatic rings. The Morgan fingerprint density at radius 1 is 1.29 bits per heavy atom. The lowest BCUT2D eigenvalue weighted by Gasteiger charge is -2.08. The number of hydrogen-bond acceptors (Lipinski definition) is 3. The molecule has 92 valence electrons. The Balaban J connectivity index is 2.64. The van der Waals surface area contributed by atoms with Crippen molar-refractivity contribution in [2.24, 2.45) is 0 Å². The van der Waals surface area contributed by atoms with Gasteiger partial charge in [0.15, 0.2) is 0 Å². The molecule has 0 heterocycles. The number of amides is 2. The number of phenols is 1. The van der Waals surface area contributed by atoms with Crippen LogP contribution in [-0.4, -0.2) is 30.0 Å². The van der Waals surface area contributed by atoms with Crippen molar-refractivity contribution in [1.29, 1.82) is 0 Å². The molecule has 1 rings (SSSR count). The molecule has 5 heteroatoms. The number of hydrogen-bond donors (Lipinski definition) is 3. The summed E-state index contributed by atoms with van der Waals surface area (Å²) in [7, 11) is 0. The zero-order chi connectivity index (χ0) is 12.8. The molecule has 3 N–H and O–H groups in total. The fourth-order valence-electron chi connectivity index (χ4n) is 1.38. The lowest BCUT2D eigenvalue weighted by Crippen LogP contribution is -2.36. The third-order valence-electron chi connectivity index (χ3n) is 2.33. The van der Waals surface area contributed by atoms with E-state index in [-0.39, 0.29) is 24.1 Å². The molecule has 2 amide bonds. The summed E-state index contributed by atoms with van der Waals surface area (Å²) in [6.45, 7) is 3.91. The first-order valence-corrected chi connectivity index (χ1v) is 5.39. The smallest absolute Gasteiger partial charge is 0.252 e. The van der Waals surface area contributed by atoms with E-state index in [0.717, 1.165) is 0 Å². The number of carbonyl (C=O) groups is 2. The Kier molecular flexibility index (Phi) is 4.51. The maximum absolute atomic E-state index is 11.7. The molecule has 17 heavy (non-hydrogen) atoms. The van der Waals surface area contributed by atoms with Gasteiger partial charge in [0.25, 0.3) is 5.91 Å². The fraction of sp³-hybridized carbons (Fsp3) is 0.333. The molecular weight excluding hydrogens is 220 g/mol. The summed E-state index contributed by atoms with van der Waals surface area (Å²) in [6, 6.07) is 4.70. The summed E-state index contributed by atoms with van der Waals surface area (Å²) in [4.78, 5) is 22.9. The number of aromatic hydroxyl groups is 1. The molecule has 0 aromatic heterocycles. The van der Waals surface area contributed by atoms with Crippen molar-refractivity contribution in [2.75, 3.05) is 13.1 Å². The van der Waals surface area contributed by atoms with Crippen molar-refractivity contribution >= 4 is 11.8 Å². The molecule has 5 nitrogen and oxygen atoms in total. The van der Waals surface area contributed by atoms with Crippen LogP contribution in [0.15, 0.2) is 18.2 Å². The van der Waals surface area contributed by atoms with E-state index < -0.39 is 0 Å². The van der Waals surface area contributed by atoms with Crippen molar-refractivity contribution in [3.8, 4) is 5.75 Å². The zero-order valence-corrected chi connectivity index (χ0v) is 9.91. The van der Waals surface area contributed by atoms with Crippen LogP contribution in [0.4, 0.5) is 0 Å². The first-order valence-electron chi connectivity index (χ1n) is 5.39. The van der Waals surface area contributed by atoms with Crippen LogP contribution >= 0.6 is 0 Å². The van der Waals surface area contributed by atoms with Crippen LogP contribution in [0.2, 0.25) is 0 Å². The predicted octanol–water partition coefficient (Wildman–Crippen LogP) is 0.567. The van der Waals surface area contributed by atoms with E-state index in [1.165, 1.54) is 6.07 Å². The van der Waals surface area contributed by atoms with Crippen LogP contribution in [0.1, 0.15) is 22.8 Å². The average molecular weight is 236 g/mol. The van der Waals surface area contributed by atoms with Crippen molar-refractivity contribution in [3.63, 3.8) is 0 Å². The first kappa shape index (κ1) is 13.0. The highest BCUT2D eigenvalue weighted by atomic mass is 16.3. The van der Waals surface area contributed by atoms with Crippen LogP contribution in [0.25, 0.3) is 0 Å². The van der Waals surface area contributed by atoms with Gasteiger partial charge in [-0.1, -0.05) is 6.07 Å². The summed E-state index contributed by atoms with van der Waals surface area (Å²) < 4.78 is 0. The Bertz CT molecular complexity index is 430. The van der Waals surface area contributed by atoms with Gasteiger partial charge in [0, 0.05) is 17.7 Å². The minimum Gasteiger partial charge on any atom is -0.508 e. The first-order chi connectivity index (χ1) is 8.06. The van der Waals surface area contributed by atoms with E-state index >= 15 is 0 Å². The van der Waals surface area contributed by atoms with Gasteiger partial charge in [-0.05, 0) is 26.0 Å². The van der Waals surface area contributed by atoms with E-state index in [1.807, 2.05) is 0 Å². The van der Waals surface area contributed by atoms with Crippen LogP contribution in [0, 0.1) is 6.92 Å². The molecule has 0 bridgehead atoms. The molecule has 0 spiro atoms. The topological polar surface area (TPSA) is 78.4 Å². The number of phenolic OH excluding ortho intramolecular Hbond substituents is 1. The van der Waals surface area contributed by atoms with Crippen molar-refractivity contribution in [1.82, 2.24) is 10.6 Å². The van der Waals surface area contributed by atoms with E-state index in [1.54, 1.807) is 26.0 Å². The highest BCUT2D eigenvalue weighted by Gasteiger charge is 2.11. The normalized spacial score (nSPS) is 9.76. The highest BCUT2D eigenvalue weighted by molar-refractivity contribution is 5.98. The van der Waals surface area contributed by atoms with E-state index in [4.69, 9.17) is 0 Å². The molecule has 0 saturated carbocycles. The summed E-state index contributed by atoms with van der Waals surface area (Å²) in [5.74, 6) is -0.543. The minimum atomic E-state index is -0.371. The Morgan fingerprint density at radius 2 is 2.00 bits per heavy atom. The summed E-state index contributed by atoms with van der Waals surface area (Å²) in [6.07, 6.45) is 0. The van der Waals surface area contributed by atoms with Gasteiger partial charge in [-0.3, -0.25) is 9.59 Å². The quantitative estimate of drug-likeness (QED) is 0.715. The van der Waals surface area contributed by atoms with E-state index in [0.29, 0.717) is 17.7 Å². The third kappa shape index (κ3) is 3.48. The Labute approximate surface area is 99.8 Å². The minimum absolute atomic E-state index is 0.0654. The summed E-state index contributed by atoms with van der Waals surface area (Å²) in [5, 5.41) is 14.5. The monoisotopic (exact) mass is 236 g/mol. The van der Waals surface area contributed by atoms with Gasteiger partial charge in [-0.2, -0.15) is 0 Å². The van der Waals surface area contributed by atoms with Crippen LogP contribution in [0.3, 0.4) is 0 Å². The maximum Gasteiger partial charge on any atom is 0.252 e. The van der Waals surface area contributed by atoms with E-state index in [9.17, 15) is 14.7 Å². The SMILES string of the molecule is CCNC(=O)CNC(=O)c1cccc(O)c1C. The van der Waals surface area contributed by atoms with Gasteiger partial charge in [0.2, 0.25) is 5.91 Å². The van der Waals surface area contributed by atoms with Crippen molar-refractivity contribution < 1.29 is 14.7 Å². The fourth-order valence-corrected chi connectivity index (χ4v) is 1.38. The molecule has 0 radical (unpaired) electrons. The number of likely N-dealkylation sites (N-methyl/N-ethyl adjacent to an activating group) is 1. The second-order valence-electron chi connectivity index (χ2n) is 3.59. The predicted molar refractivity (Wildman–Crippen MR) is 63.9 cm³/mol. The van der Waals surface area contributed by atoms with Gasteiger partial charge in [-0.25, -0.2) is 0 Å². The molecule has 1 aromatic carbocycles. The van der Waals surface area contributed by atoms with Gasteiger partial charge >= 0.3 is 0 Å². The second kappa shape index (κ2) is 5.89. The molecule has 0 saturated heterocycles. The van der Waals surface area contributed by atoms with Gasteiger partial charge in [0.05, 0.1) is 6.54 Å². The molecule has 0 aliphatic carbocycles.